The van der Waals surface area contributed by atoms with E-state index in [1.165, 1.54) is 0 Å². The summed E-state index contributed by atoms with van der Waals surface area (Å²) in [7, 11) is 0. The molecular formula is C12H15BrN4S. The molecular weight excluding hydrogens is 312 g/mol. The summed E-state index contributed by atoms with van der Waals surface area (Å²) >= 11 is 5.08. The number of benzene rings is 1. The van der Waals surface area contributed by atoms with Gasteiger partial charge in [0.1, 0.15) is 0 Å². The van der Waals surface area contributed by atoms with Gasteiger partial charge in [0.05, 0.1) is 16.7 Å². The van der Waals surface area contributed by atoms with Crippen LogP contribution in [-0.4, -0.2) is 4.98 Å². The number of thiazole rings is 1. The molecule has 1 unspecified atom stereocenters. The molecule has 0 saturated heterocycles. The Balaban J connectivity index is 2.25. The number of hydrogen-bond acceptors (Lipinski definition) is 5. The number of nitrogens with zero attached hydrogens (tertiary/aromatic N) is 1. The molecule has 0 aliphatic rings. The third-order valence-electron chi connectivity index (χ3n) is 2.71. The molecule has 0 saturated carbocycles. The number of nitrogens with one attached hydrogen (secondary N) is 1. The highest BCUT2D eigenvalue weighted by atomic mass is 79.9. The lowest BCUT2D eigenvalue weighted by molar-refractivity contribution is 0.548. The number of hydrazine groups is 1. The maximum Gasteiger partial charge on any atom is 0.0897 e. The molecule has 1 heterocycles. The Labute approximate surface area is 119 Å². The van der Waals surface area contributed by atoms with Crippen molar-refractivity contribution in [2.24, 2.45) is 5.84 Å². The summed E-state index contributed by atoms with van der Waals surface area (Å²) in [6, 6.07) is 5.73. The van der Waals surface area contributed by atoms with Crippen LogP contribution < -0.4 is 17.0 Å². The molecule has 4 nitrogen and oxygen atoms in total. The Bertz CT molecular complexity index is 541. The first-order valence-corrected chi connectivity index (χ1v) is 7.19. The van der Waals surface area contributed by atoms with Crippen LogP contribution in [0, 0.1) is 6.92 Å². The van der Waals surface area contributed by atoms with Crippen LogP contribution in [0.2, 0.25) is 0 Å². The van der Waals surface area contributed by atoms with Gasteiger partial charge in [-0.3, -0.25) is 11.3 Å². The summed E-state index contributed by atoms with van der Waals surface area (Å²) in [6.07, 6.45) is 0.724. The highest BCUT2D eigenvalue weighted by Gasteiger charge is 2.15. The first-order chi connectivity index (χ1) is 8.60. The summed E-state index contributed by atoms with van der Waals surface area (Å²) in [5.41, 5.74) is 11.5. The van der Waals surface area contributed by atoms with E-state index in [0.717, 1.165) is 32.8 Å². The number of rotatable bonds is 4. The lowest BCUT2D eigenvalue weighted by Crippen LogP contribution is -2.30. The quantitative estimate of drug-likeness (QED) is 0.458. The first kappa shape index (κ1) is 13.5. The summed E-state index contributed by atoms with van der Waals surface area (Å²) in [5.74, 6) is 5.63. The molecule has 0 amide bonds. The monoisotopic (exact) mass is 326 g/mol. The second-order valence-electron chi connectivity index (χ2n) is 4.05. The average molecular weight is 327 g/mol. The van der Waals surface area contributed by atoms with Crippen molar-refractivity contribution in [3.05, 3.63) is 44.3 Å². The summed E-state index contributed by atoms with van der Waals surface area (Å²) in [5, 5.41) is 3.11. The Morgan fingerprint density at radius 2 is 2.28 bits per heavy atom. The van der Waals surface area contributed by atoms with E-state index >= 15 is 0 Å². The Morgan fingerprint density at radius 3 is 2.89 bits per heavy atom. The second-order valence-corrected chi connectivity index (χ2v) is 6.03. The van der Waals surface area contributed by atoms with Crippen LogP contribution in [0.4, 0.5) is 5.69 Å². The average Bonchev–Trinajstić information content (AvgIpc) is 2.75. The number of nitrogen functional groups attached to an aromatic ring is 1. The minimum Gasteiger partial charge on any atom is -0.398 e. The summed E-state index contributed by atoms with van der Waals surface area (Å²) in [6.45, 7) is 1.99. The molecule has 2 aromatic rings. The predicted molar refractivity (Wildman–Crippen MR) is 79.2 cm³/mol. The molecule has 0 aliphatic heterocycles. The largest absolute Gasteiger partial charge is 0.398 e. The van der Waals surface area contributed by atoms with Gasteiger partial charge in [0.2, 0.25) is 0 Å². The second kappa shape index (κ2) is 5.79. The highest BCUT2D eigenvalue weighted by Crippen LogP contribution is 2.27. The van der Waals surface area contributed by atoms with Gasteiger partial charge in [0.15, 0.2) is 0 Å². The first-order valence-electron chi connectivity index (χ1n) is 5.52. The summed E-state index contributed by atoms with van der Waals surface area (Å²) in [4.78, 5) is 4.45. The number of anilines is 1. The molecule has 0 aliphatic carbocycles. The molecule has 18 heavy (non-hydrogen) atoms. The fraction of sp³-hybridized carbons (Fsp3) is 0.250. The van der Waals surface area contributed by atoms with E-state index in [9.17, 15) is 0 Å². The third kappa shape index (κ3) is 3.08. The zero-order valence-corrected chi connectivity index (χ0v) is 12.4. The molecule has 6 heteroatoms. The lowest BCUT2D eigenvalue weighted by Gasteiger charge is -2.17. The molecule has 0 fully saturated rings. The molecule has 1 aromatic carbocycles. The van der Waals surface area contributed by atoms with Crippen molar-refractivity contribution in [1.29, 1.82) is 0 Å². The maximum atomic E-state index is 5.99. The van der Waals surface area contributed by atoms with Crippen molar-refractivity contribution < 1.29 is 0 Å². The van der Waals surface area contributed by atoms with Gasteiger partial charge in [0.25, 0.3) is 0 Å². The van der Waals surface area contributed by atoms with Gasteiger partial charge in [-0.25, -0.2) is 4.98 Å². The molecule has 5 N–H and O–H groups in total. The van der Waals surface area contributed by atoms with Gasteiger partial charge >= 0.3 is 0 Å². The van der Waals surface area contributed by atoms with Crippen LogP contribution in [0.25, 0.3) is 0 Å². The van der Waals surface area contributed by atoms with E-state index in [-0.39, 0.29) is 6.04 Å². The number of aryl methyl sites for hydroxylation is 1. The third-order valence-corrected chi connectivity index (χ3v) is 4.02. The van der Waals surface area contributed by atoms with Gasteiger partial charge in [-0.05, 0) is 30.7 Å². The molecule has 0 spiro atoms. The molecule has 2 rings (SSSR count). The van der Waals surface area contributed by atoms with Crippen molar-refractivity contribution in [2.75, 3.05) is 5.73 Å². The Morgan fingerprint density at radius 1 is 1.50 bits per heavy atom. The highest BCUT2D eigenvalue weighted by molar-refractivity contribution is 9.10. The zero-order chi connectivity index (χ0) is 13.1. The SMILES string of the molecule is Cc1nc(CC(NN)c2cc(Br)ccc2N)cs1. The van der Waals surface area contributed by atoms with Crippen LogP contribution >= 0.6 is 27.3 Å². The molecule has 96 valence electrons. The normalized spacial score (nSPS) is 12.6. The maximum absolute atomic E-state index is 5.99. The van der Waals surface area contributed by atoms with Crippen molar-refractivity contribution >= 4 is 33.0 Å². The van der Waals surface area contributed by atoms with Crippen molar-refractivity contribution in [2.45, 2.75) is 19.4 Å². The smallest absolute Gasteiger partial charge is 0.0897 e. The van der Waals surface area contributed by atoms with Gasteiger partial charge in [-0.2, -0.15) is 0 Å². The fourth-order valence-electron chi connectivity index (χ4n) is 1.82. The number of hydrogen-bond donors (Lipinski definition) is 3. The van der Waals surface area contributed by atoms with Crippen molar-refractivity contribution in [3.63, 3.8) is 0 Å². The van der Waals surface area contributed by atoms with E-state index < -0.39 is 0 Å². The number of halogens is 1. The summed E-state index contributed by atoms with van der Waals surface area (Å²) < 4.78 is 0.987. The van der Waals surface area contributed by atoms with E-state index in [4.69, 9.17) is 11.6 Å². The van der Waals surface area contributed by atoms with Gasteiger partial charge < -0.3 is 5.73 Å². The Hall–Kier alpha value is -0.950. The van der Waals surface area contributed by atoms with E-state index in [1.54, 1.807) is 11.3 Å². The minimum absolute atomic E-state index is 0.0380. The standard InChI is InChI=1S/C12H15BrN4S/c1-7-16-9(6-18-7)5-12(17-15)10-4-8(13)2-3-11(10)14/h2-4,6,12,17H,5,14-15H2,1H3. The van der Waals surface area contributed by atoms with E-state index in [1.807, 2.05) is 30.5 Å². The number of nitrogens with two attached hydrogens (primary N) is 2. The van der Waals surface area contributed by atoms with Crippen LogP contribution in [0.1, 0.15) is 22.3 Å². The van der Waals surface area contributed by atoms with E-state index in [0.29, 0.717) is 0 Å². The van der Waals surface area contributed by atoms with E-state index in [2.05, 4.69) is 26.3 Å². The predicted octanol–water partition coefficient (Wildman–Crippen LogP) is 2.54. The molecule has 0 bridgehead atoms. The number of aromatic nitrogens is 1. The van der Waals surface area contributed by atoms with Crippen molar-refractivity contribution in [3.8, 4) is 0 Å². The fourth-order valence-corrected chi connectivity index (χ4v) is 2.82. The zero-order valence-electron chi connectivity index (χ0n) is 9.98. The van der Waals surface area contributed by atoms with Gasteiger partial charge in [-0.1, -0.05) is 15.9 Å². The molecule has 1 aromatic heterocycles. The van der Waals surface area contributed by atoms with Crippen LogP contribution in [-0.2, 0) is 6.42 Å². The molecule has 1 atom stereocenters. The van der Waals surface area contributed by atoms with Crippen LogP contribution in [0.3, 0.4) is 0 Å². The molecule has 0 radical (unpaired) electrons. The van der Waals surface area contributed by atoms with Crippen LogP contribution in [0.15, 0.2) is 28.1 Å². The van der Waals surface area contributed by atoms with Crippen molar-refractivity contribution in [1.82, 2.24) is 10.4 Å². The van der Waals surface area contributed by atoms with Crippen LogP contribution in [0.5, 0.6) is 0 Å². The van der Waals surface area contributed by atoms with Gasteiger partial charge in [-0.15, -0.1) is 11.3 Å². The Kier molecular flexibility index (Phi) is 4.34. The topological polar surface area (TPSA) is 77.0 Å². The minimum atomic E-state index is -0.0380. The van der Waals surface area contributed by atoms with Gasteiger partial charge in [0, 0.05) is 22.0 Å². The lowest BCUT2D eigenvalue weighted by atomic mass is 10.0.